The summed E-state index contributed by atoms with van der Waals surface area (Å²) in [6.45, 7) is 8.30. The molecule has 2 nitrogen and oxygen atoms in total. The van der Waals surface area contributed by atoms with Crippen LogP contribution in [-0.2, 0) is 0 Å². The molecule has 0 heterocycles. The third-order valence-corrected chi connectivity index (χ3v) is 1.66. The zero-order chi connectivity index (χ0) is 10.6. The van der Waals surface area contributed by atoms with E-state index in [1.165, 1.54) is 0 Å². The molecule has 1 rings (SSSR count). The van der Waals surface area contributed by atoms with Crippen molar-refractivity contribution in [3.8, 4) is 0 Å². The SMILES string of the molecule is CC(C)N=C1C=CC(=NC(C)C)C=C1. The smallest absolute Gasteiger partial charge is 0.0578 e. The highest BCUT2D eigenvalue weighted by Crippen LogP contribution is 2.01. The normalized spacial score (nSPS) is 15.6. The Hall–Kier alpha value is -1.18. The van der Waals surface area contributed by atoms with Gasteiger partial charge < -0.3 is 0 Å². The molecule has 0 atom stereocenters. The maximum Gasteiger partial charge on any atom is 0.0578 e. The van der Waals surface area contributed by atoms with Gasteiger partial charge in [0.2, 0.25) is 0 Å². The van der Waals surface area contributed by atoms with Gasteiger partial charge in [0.15, 0.2) is 0 Å². The van der Waals surface area contributed by atoms with Crippen LogP contribution < -0.4 is 0 Å². The van der Waals surface area contributed by atoms with Crippen molar-refractivity contribution in [1.82, 2.24) is 0 Å². The molecule has 0 radical (unpaired) electrons. The van der Waals surface area contributed by atoms with Crippen molar-refractivity contribution in [2.45, 2.75) is 39.8 Å². The lowest BCUT2D eigenvalue weighted by atomic mass is 10.1. The lowest BCUT2D eigenvalue weighted by Gasteiger charge is -2.05. The van der Waals surface area contributed by atoms with Crippen molar-refractivity contribution in [1.29, 1.82) is 0 Å². The van der Waals surface area contributed by atoms with E-state index in [-0.39, 0.29) is 0 Å². The summed E-state index contributed by atoms with van der Waals surface area (Å²) in [5, 5.41) is 0. The predicted octanol–water partition coefficient (Wildman–Crippen LogP) is 2.81. The molecular formula is C12H18N2. The summed E-state index contributed by atoms with van der Waals surface area (Å²) in [4.78, 5) is 8.88. The van der Waals surface area contributed by atoms with Gasteiger partial charge in [-0.2, -0.15) is 0 Å². The second-order valence-corrected chi connectivity index (χ2v) is 3.96. The highest BCUT2D eigenvalue weighted by Gasteiger charge is 2.00. The van der Waals surface area contributed by atoms with Crippen LogP contribution in [0.4, 0.5) is 0 Å². The Morgan fingerprint density at radius 2 is 1.00 bits per heavy atom. The maximum atomic E-state index is 4.44. The zero-order valence-corrected chi connectivity index (χ0v) is 9.36. The fourth-order valence-electron chi connectivity index (χ4n) is 1.22. The van der Waals surface area contributed by atoms with Crippen LogP contribution in [0.1, 0.15) is 27.7 Å². The van der Waals surface area contributed by atoms with Crippen LogP contribution in [0.3, 0.4) is 0 Å². The van der Waals surface area contributed by atoms with Crippen molar-refractivity contribution in [2.75, 3.05) is 0 Å². The molecule has 14 heavy (non-hydrogen) atoms. The Kier molecular flexibility index (Phi) is 3.81. The largest absolute Gasteiger partial charge is 0.283 e. The van der Waals surface area contributed by atoms with Crippen molar-refractivity contribution in [3.05, 3.63) is 24.3 Å². The van der Waals surface area contributed by atoms with Gasteiger partial charge in [-0.3, -0.25) is 9.98 Å². The third-order valence-electron chi connectivity index (χ3n) is 1.66. The summed E-state index contributed by atoms with van der Waals surface area (Å²) in [6.07, 6.45) is 8.06. The first kappa shape index (κ1) is 10.9. The molecule has 76 valence electrons. The summed E-state index contributed by atoms with van der Waals surface area (Å²) in [6, 6.07) is 0.700. The van der Waals surface area contributed by atoms with E-state index in [1.807, 2.05) is 24.3 Å². The molecule has 0 saturated heterocycles. The van der Waals surface area contributed by atoms with E-state index >= 15 is 0 Å². The minimum atomic E-state index is 0.350. The van der Waals surface area contributed by atoms with Crippen LogP contribution in [0.5, 0.6) is 0 Å². The molecule has 0 amide bonds. The molecule has 0 spiro atoms. The number of allylic oxidation sites excluding steroid dienone is 4. The van der Waals surface area contributed by atoms with Gasteiger partial charge in [-0.1, -0.05) is 0 Å². The average molecular weight is 190 g/mol. The van der Waals surface area contributed by atoms with E-state index in [0.29, 0.717) is 12.1 Å². The second kappa shape index (κ2) is 4.89. The molecule has 0 aromatic carbocycles. The Balaban J connectivity index is 2.71. The summed E-state index contributed by atoms with van der Waals surface area (Å²) >= 11 is 0. The van der Waals surface area contributed by atoms with E-state index in [4.69, 9.17) is 0 Å². The van der Waals surface area contributed by atoms with Crippen molar-refractivity contribution in [3.63, 3.8) is 0 Å². The van der Waals surface area contributed by atoms with Gasteiger partial charge >= 0.3 is 0 Å². The van der Waals surface area contributed by atoms with Crippen LogP contribution in [0.25, 0.3) is 0 Å². The predicted molar refractivity (Wildman–Crippen MR) is 63.4 cm³/mol. The van der Waals surface area contributed by atoms with E-state index in [1.54, 1.807) is 0 Å². The number of aliphatic imine (C=N–C) groups is 2. The van der Waals surface area contributed by atoms with Gasteiger partial charge in [0.1, 0.15) is 0 Å². The van der Waals surface area contributed by atoms with Gasteiger partial charge in [0.25, 0.3) is 0 Å². The first-order valence-corrected chi connectivity index (χ1v) is 5.09. The minimum Gasteiger partial charge on any atom is -0.283 e. The molecule has 1 aliphatic carbocycles. The zero-order valence-electron chi connectivity index (χ0n) is 9.36. The van der Waals surface area contributed by atoms with Crippen molar-refractivity contribution in [2.24, 2.45) is 9.98 Å². The van der Waals surface area contributed by atoms with Crippen LogP contribution >= 0.6 is 0 Å². The molecule has 1 aliphatic rings. The lowest BCUT2D eigenvalue weighted by Crippen LogP contribution is -2.05. The first-order valence-electron chi connectivity index (χ1n) is 5.09. The Morgan fingerprint density at radius 3 is 1.21 bits per heavy atom. The van der Waals surface area contributed by atoms with E-state index < -0.39 is 0 Å². The molecular weight excluding hydrogens is 172 g/mol. The number of hydrogen-bond acceptors (Lipinski definition) is 2. The average Bonchev–Trinajstić information content (AvgIpc) is 2.06. The topological polar surface area (TPSA) is 24.7 Å². The molecule has 0 aliphatic heterocycles. The molecule has 0 aromatic heterocycles. The minimum absolute atomic E-state index is 0.350. The van der Waals surface area contributed by atoms with E-state index in [2.05, 4.69) is 37.7 Å². The molecule has 2 heteroatoms. The summed E-state index contributed by atoms with van der Waals surface area (Å²) in [7, 11) is 0. The monoisotopic (exact) mass is 190 g/mol. The lowest BCUT2D eigenvalue weighted by molar-refractivity contribution is 0.836. The van der Waals surface area contributed by atoms with Crippen molar-refractivity contribution < 1.29 is 0 Å². The molecule has 0 fully saturated rings. The van der Waals surface area contributed by atoms with Crippen LogP contribution in [0, 0.1) is 0 Å². The van der Waals surface area contributed by atoms with Gasteiger partial charge in [0.05, 0.1) is 11.4 Å². The van der Waals surface area contributed by atoms with Gasteiger partial charge in [0, 0.05) is 12.1 Å². The summed E-state index contributed by atoms with van der Waals surface area (Å²) < 4.78 is 0. The van der Waals surface area contributed by atoms with Gasteiger partial charge in [-0.05, 0) is 52.0 Å². The van der Waals surface area contributed by atoms with E-state index in [9.17, 15) is 0 Å². The molecule has 0 bridgehead atoms. The second-order valence-electron chi connectivity index (χ2n) is 3.96. The third kappa shape index (κ3) is 3.69. The van der Waals surface area contributed by atoms with Gasteiger partial charge in [-0.25, -0.2) is 0 Å². The fraction of sp³-hybridized carbons (Fsp3) is 0.500. The number of hydrogen-bond donors (Lipinski definition) is 0. The fourth-order valence-corrected chi connectivity index (χ4v) is 1.22. The molecule has 0 aromatic rings. The summed E-state index contributed by atoms with van der Waals surface area (Å²) in [5.74, 6) is 0. The summed E-state index contributed by atoms with van der Waals surface area (Å²) in [5.41, 5.74) is 2.06. The van der Waals surface area contributed by atoms with Crippen LogP contribution in [-0.4, -0.2) is 23.5 Å². The van der Waals surface area contributed by atoms with E-state index in [0.717, 1.165) is 11.4 Å². The van der Waals surface area contributed by atoms with Crippen molar-refractivity contribution >= 4 is 11.4 Å². The molecule has 0 N–H and O–H groups in total. The molecule has 0 saturated carbocycles. The highest BCUT2D eigenvalue weighted by molar-refractivity contribution is 6.18. The highest BCUT2D eigenvalue weighted by atomic mass is 14.8. The quantitative estimate of drug-likeness (QED) is 0.598. The molecule has 0 unspecified atom stereocenters. The Labute approximate surface area is 86.2 Å². The van der Waals surface area contributed by atoms with Crippen LogP contribution in [0.15, 0.2) is 34.3 Å². The standard InChI is InChI=1S/C12H18N2/c1-9(2)13-11-5-7-12(8-6-11)14-10(3)4/h5-10H,1-4H3. The van der Waals surface area contributed by atoms with Gasteiger partial charge in [-0.15, -0.1) is 0 Å². The Morgan fingerprint density at radius 1 is 0.714 bits per heavy atom. The number of rotatable bonds is 2. The van der Waals surface area contributed by atoms with Crippen LogP contribution in [0.2, 0.25) is 0 Å². The maximum absolute atomic E-state index is 4.44. The first-order chi connectivity index (χ1) is 6.58. The number of nitrogens with zero attached hydrogens (tertiary/aromatic N) is 2. The Bertz CT molecular complexity index is 256.